The van der Waals surface area contributed by atoms with Gasteiger partial charge in [0, 0.05) is 6.42 Å². The van der Waals surface area contributed by atoms with Crippen LogP contribution in [0.5, 0.6) is 0 Å². The predicted molar refractivity (Wildman–Crippen MR) is 79.6 cm³/mol. The van der Waals surface area contributed by atoms with Crippen LogP contribution in [0.4, 0.5) is 0 Å². The van der Waals surface area contributed by atoms with Gasteiger partial charge in [0.15, 0.2) is 0 Å². The Hall–Kier alpha value is -1.39. The molecule has 5 heteroatoms. The van der Waals surface area contributed by atoms with Crippen molar-refractivity contribution in [3.05, 3.63) is 0 Å². The normalized spacial score (nSPS) is 20.0. The minimum atomic E-state index is -0.977. The van der Waals surface area contributed by atoms with Crippen LogP contribution in [0.25, 0.3) is 0 Å². The number of aliphatic carboxylic acids is 1. The maximum absolute atomic E-state index is 12.7. The van der Waals surface area contributed by atoms with Crippen LogP contribution in [0.1, 0.15) is 66.7 Å². The SMILES string of the molecule is CCC1(CC)CC(=O)N(C(CC(=O)O)CC(C)(C)C)C1=O. The van der Waals surface area contributed by atoms with Gasteiger partial charge in [-0.25, -0.2) is 0 Å². The number of imide groups is 1. The molecule has 1 saturated heterocycles. The second kappa shape index (κ2) is 6.16. The molecular weight excluding hydrogens is 270 g/mol. The second-order valence-corrected chi connectivity index (χ2v) is 7.25. The van der Waals surface area contributed by atoms with Gasteiger partial charge in [-0.05, 0) is 24.7 Å². The highest BCUT2D eigenvalue weighted by Crippen LogP contribution is 2.41. The Kier molecular flexibility index (Phi) is 5.18. The molecule has 1 N–H and O–H groups in total. The molecule has 0 aliphatic carbocycles. The lowest BCUT2D eigenvalue weighted by atomic mass is 9.80. The third kappa shape index (κ3) is 3.83. The molecule has 21 heavy (non-hydrogen) atoms. The van der Waals surface area contributed by atoms with E-state index in [1.165, 1.54) is 4.90 Å². The quantitative estimate of drug-likeness (QED) is 0.765. The van der Waals surface area contributed by atoms with Crippen molar-refractivity contribution in [2.24, 2.45) is 10.8 Å². The van der Waals surface area contributed by atoms with Gasteiger partial charge in [0.05, 0.1) is 17.9 Å². The predicted octanol–water partition coefficient (Wildman–Crippen LogP) is 2.83. The molecule has 0 spiro atoms. The average Bonchev–Trinajstić information content (AvgIpc) is 2.58. The van der Waals surface area contributed by atoms with Gasteiger partial charge in [-0.3, -0.25) is 19.3 Å². The highest BCUT2D eigenvalue weighted by molar-refractivity contribution is 6.06. The number of carboxylic acids is 1. The Morgan fingerprint density at radius 3 is 2.14 bits per heavy atom. The van der Waals surface area contributed by atoms with Crippen LogP contribution >= 0.6 is 0 Å². The zero-order valence-electron chi connectivity index (χ0n) is 13.7. The van der Waals surface area contributed by atoms with Gasteiger partial charge in [0.2, 0.25) is 11.8 Å². The first kappa shape index (κ1) is 17.7. The van der Waals surface area contributed by atoms with E-state index in [0.29, 0.717) is 19.3 Å². The number of amides is 2. The molecule has 2 amide bonds. The molecule has 1 fully saturated rings. The van der Waals surface area contributed by atoms with E-state index in [2.05, 4.69) is 0 Å². The van der Waals surface area contributed by atoms with Gasteiger partial charge in [-0.1, -0.05) is 34.6 Å². The minimum Gasteiger partial charge on any atom is -0.481 e. The lowest BCUT2D eigenvalue weighted by Gasteiger charge is -2.32. The first-order valence-electron chi connectivity index (χ1n) is 7.64. The number of rotatable bonds is 6. The van der Waals surface area contributed by atoms with Crippen molar-refractivity contribution in [1.29, 1.82) is 0 Å². The molecule has 5 nitrogen and oxygen atoms in total. The number of hydrogen-bond acceptors (Lipinski definition) is 3. The molecule has 0 saturated carbocycles. The molecule has 1 aliphatic heterocycles. The molecule has 0 aromatic heterocycles. The zero-order chi connectivity index (χ0) is 16.4. The van der Waals surface area contributed by atoms with Crippen molar-refractivity contribution in [3.63, 3.8) is 0 Å². The summed E-state index contributed by atoms with van der Waals surface area (Å²) in [5.74, 6) is -1.39. The molecule has 1 heterocycles. The summed E-state index contributed by atoms with van der Waals surface area (Å²) >= 11 is 0. The van der Waals surface area contributed by atoms with E-state index in [9.17, 15) is 14.4 Å². The minimum absolute atomic E-state index is 0.148. The molecule has 1 atom stereocenters. The van der Waals surface area contributed by atoms with Crippen LogP contribution in [-0.2, 0) is 14.4 Å². The molecule has 1 rings (SSSR count). The van der Waals surface area contributed by atoms with E-state index in [1.54, 1.807) is 0 Å². The van der Waals surface area contributed by atoms with Crippen LogP contribution in [-0.4, -0.2) is 33.8 Å². The number of nitrogens with zero attached hydrogens (tertiary/aromatic N) is 1. The summed E-state index contributed by atoms with van der Waals surface area (Å²) in [5, 5.41) is 9.11. The lowest BCUT2D eigenvalue weighted by Crippen LogP contribution is -2.45. The lowest BCUT2D eigenvalue weighted by molar-refractivity contribution is -0.147. The molecule has 0 aromatic carbocycles. The fourth-order valence-corrected chi connectivity index (χ4v) is 3.15. The number of likely N-dealkylation sites (tertiary alicyclic amines) is 1. The van der Waals surface area contributed by atoms with Crippen LogP contribution < -0.4 is 0 Å². The van der Waals surface area contributed by atoms with Crippen LogP contribution in [0.15, 0.2) is 0 Å². The molecular formula is C16H27NO4. The largest absolute Gasteiger partial charge is 0.481 e. The topological polar surface area (TPSA) is 74.7 Å². The summed E-state index contributed by atoms with van der Waals surface area (Å²) in [4.78, 5) is 37.4. The van der Waals surface area contributed by atoms with Crippen LogP contribution in [0.2, 0.25) is 0 Å². The molecule has 1 unspecified atom stereocenters. The monoisotopic (exact) mass is 297 g/mol. The van der Waals surface area contributed by atoms with E-state index in [4.69, 9.17) is 5.11 Å². The highest BCUT2D eigenvalue weighted by atomic mass is 16.4. The smallest absolute Gasteiger partial charge is 0.305 e. The Morgan fingerprint density at radius 1 is 1.29 bits per heavy atom. The van der Waals surface area contributed by atoms with Gasteiger partial charge < -0.3 is 5.11 Å². The molecule has 0 bridgehead atoms. The molecule has 120 valence electrons. The zero-order valence-corrected chi connectivity index (χ0v) is 13.7. The van der Waals surface area contributed by atoms with Gasteiger partial charge in [-0.2, -0.15) is 0 Å². The Bertz CT molecular complexity index is 432. The maximum atomic E-state index is 12.7. The standard InChI is InChI=1S/C16H27NO4/c1-6-16(7-2)10-12(18)17(14(16)21)11(8-13(19)20)9-15(3,4)5/h11H,6-10H2,1-5H3,(H,19,20). The summed E-state index contributed by atoms with van der Waals surface area (Å²) in [6.07, 6.45) is 1.75. The first-order valence-corrected chi connectivity index (χ1v) is 7.64. The Balaban J connectivity index is 3.10. The average molecular weight is 297 g/mol. The van der Waals surface area contributed by atoms with Crippen LogP contribution in [0, 0.1) is 10.8 Å². The van der Waals surface area contributed by atoms with E-state index >= 15 is 0 Å². The van der Waals surface area contributed by atoms with E-state index < -0.39 is 17.4 Å². The van der Waals surface area contributed by atoms with E-state index in [1.807, 2.05) is 34.6 Å². The molecule has 0 radical (unpaired) electrons. The first-order chi connectivity index (χ1) is 9.56. The van der Waals surface area contributed by atoms with Crippen LogP contribution in [0.3, 0.4) is 0 Å². The summed E-state index contributed by atoms with van der Waals surface area (Å²) in [7, 11) is 0. The molecule has 1 aliphatic rings. The summed E-state index contributed by atoms with van der Waals surface area (Å²) in [6.45, 7) is 9.78. The van der Waals surface area contributed by atoms with Crippen molar-refractivity contribution in [1.82, 2.24) is 4.90 Å². The van der Waals surface area contributed by atoms with Crippen molar-refractivity contribution < 1.29 is 19.5 Å². The van der Waals surface area contributed by atoms with Crippen molar-refractivity contribution in [2.75, 3.05) is 0 Å². The second-order valence-electron chi connectivity index (χ2n) is 7.25. The Labute approximate surface area is 126 Å². The van der Waals surface area contributed by atoms with Gasteiger partial charge in [-0.15, -0.1) is 0 Å². The fourth-order valence-electron chi connectivity index (χ4n) is 3.15. The third-order valence-corrected chi connectivity index (χ3v) is 4.41. The number of carboxylic acid groups (broad SMARTS) is 1. The van der Waals surface area contributed by atoms with Crippen molar-refractivity contribution in [2.45, 2.75) is 72.8 Å². The van der Waals surface area contributed by atoms with E-state index in [-0.39, 0.29) is 30.1 Å². The number of carbonyl (C=O) groups is 3. The van der Waals surface area contributed by atoms with Crippen molar-refractivity contribution >= 4 is 17.8 Å². The maximum Gasteiger partial charge on any atom is 0.305 e. The summed E-state index contributed by atoms with van der Waals surface area (Å²) < 4.78 is 0. The van der Waals surface area contributed by atoms with Gasteiger partial charge in [0.25, 0.3) is 0 Å². The van der Waals surface area contributed by atoms with Crippen molar-refractivity contribution in [3.8, 4) is 0 Å². The Morgan fingerprint density at radius 2 is 1.81 bits per heavy atom. The van der Waals surface area contributed by atoms with E-state index in [0.717, 1.165) is 0 Å². The number of hydrogen-bond donors (Lipinski definition) is 1. The fraction of sp³-hybridized carbons (Fsp3) is 0.812. The molecule has 0 aromatic rings. The van der Waals surface area contributed by atoms with Gasteiger partial charge >= 0.3 is 5.97 Å². The highest BCUT2D eigenvalue weighted by Gasteiger charge is 2.51. The third-order valence-electron chi connectivity index (χ3n) is 4.41. The van der Waals surface area contributed by atoms with Gasteiger partial charge in [0.1, 0.15) is 0 Å². The summed E-state index contributed by atoms with van der Waals surface area (Å²) in [6, 6.07) is -0.553. The number of carbonyl (C=O) groups excluding carboxylic acids is 2. The summed E-state index contributed by atoms with van der Waals surface area (Å²) in [5.41, 5.74) is -0.782.